The van der Waals surface area contributed by atoms with Crippen LogP contribution in [0.2, 0.25) is 0 Å². The van der Waals surface area contributed by atoms with Gasteiger partial charge in [-0.1, -0.05) is 32.1 Å². The Kier molecular flexibility index (Phi) is 4.81. The van der Waals surface area contributed by atoms with E-state index < -0.39 is 11.2 Å². The number of aromatic nitrogens is 4. The maximum Gasteiger partial charge on any atom is 0.349 e. The van der Waals surface area contributed by atoms with Crippen molar-refractivity contribution in [3.05, 3.63) is 44.1 Å². The minimum absolute atomic E-state index is 0.239. The van der Waals surface area contributed by atoms with Crippen molar-refractivity contribution in [2.75, 3.05) is 0 Å². The number of aromatic amines is 1. The molecule has 0 spiro atoms. The van der Waals surface area contributed by atoms with E-state index in [0.29, 0.717) is 5.82 Å². The highest BCUT2D eigenvalue weighted by Gasteiger charge is 2.20. The molecule has 0 unspecified atom stereocenters. The maximum absolute atomic E-state index is 12.3. The van der Waals surface area contributed by atoms with Crippen molar-refractivity contribution < 1.29 is 0 Å². The molecule has 0 saturated heterocycles. The second kappa shape index (κ2) is 7.25. The molecule has 6 nitrogen and oxygen atoms in total. The van der Waals surface area contributed by atoms with Gasteiger partial charge in [0.05, 0.1) is 11.0 Å². The first-order valence-corrected chi connectivity index (χ1v) is 9.95. The summed E-state index contributed by atoms with van der Waals surface area (Å²) in [6.07, 6.45) is 8.88. The van der Waals surface area contributed by atoms with Crippen LogP contribution >= 0.6 is 0 Å². The van der Waals surface area contributed by atoms with Crippen molar-refractivity contribution in [3.8, 4) is 11.5 Å². The van der Waals surface area contributed by atoms with Crippen LogP contribution in [0, 0.1) is 19.8 Å². The molecule has 142 valence electrons. The molecule has 3 aliphatic rings. The van der Waals surface area contributed by atoms with E-state index in [1.165, 1.54) is 38.5 Å². The van der Waals surface area contributed by atoms with E-state index in [1.807, 2.05) is 17.6 Å². The van der Waals surface area contributed by atoms with Gasteiger partial charge in [-0.2, -0.15) is 4.98 Å². The molecule has 1 N–H and O–H groups in total. The SMILES string of the molecule is Cc1cc2nc3c(=O)[nH]c(=O)nc-3n(CCCC3CCCCC3)c2cc1C. The van der Waals surface area contributed by atoms with E-state index in [9.17, 15) is 9.59 Å². The zero-order valence-electron chi connectivity index (χ0n) is 16.0. The third-order valence-corrected chi connectivity index (χ3v) is 5.94. The van der Waals surface area contributed by atoms with Gasteiger partial charge in [0.1, 0.15) is 0 Å². The van der Waals surface area contributed by atoms with E-state index >= 15 is 0 Å². The lowest BCUT2D eigenvalue weighted by atomic mass is 9.86. The standard InChI is InChI=1S/C21H26N4O2/c1-13-11-16-17(12-14(13)2)25(10-6-9-15-7-4-3-5-8-15)19-18(22-16)20(26)24-21(27)23-19/h11-12,15H,3-10H2,1-2H3,(H,24,26,27). The van der Waals surface area contributed by atoms with Crippen molar-refractivity contribution in [1.82, 2.24) is 19.5 Å². The smallest absolute Gasteiger partial charge is 0.322 e. The number of fused-ring (bicyclic) bond motifs is 2. The molecule has 1 aromatic rings. The van der Waals surface area contributed by atoms with Crippen LogP contribution in [0.15, 0.2) is 21.7 Å². The fraction of sp³-hybridized carbons (Fsp3) is 0.524. The van der Waals surface area contributed by atoms with Crippen LogP contribution < -0.4 is 11.2 Å². The lowest BCUT2D eigenvalue weighted by Crippen LogP contribution is -2.29. The molecule has 1 aromatic carbocycles. The minimum Gasteiger partial charge on any atom is -0.322 e. The monoisotopic (exact) mass is 366 g/mol. The van der Waals surface area contributed by atoms with Crippen molar-refractivity contribution in [2.45, 2.75) is 65.3 Å². The van der Waals surface area contributed by atoms with E-state index in [2.05, 4.69) is 27.9 Å². The van der Waals surface area contributed by atoms with Crippen LogP contribution in [0.3, 0.4) is 0 Å². The lowest BCUT2D eigenvalue weighted by Gasteiger charge is -2.22. The van der Waals surface area contributed by atoms with Gasteiger partial charge < -0.3 is 4.57 Å². The summed E-state index contributed by atoms with van der Waals surface area (Å²) in [6.45, 7) is 4.84. The molecule has 1 aliphatic carbocycles. The molecular weight excluding hydrogens is 340 g/mol. The van der Waals surface area contributed by atoms with Gasteiger partial charge in [0, 0.05) is 6.54 Å². The molecule has 0 amide bonds. The number of rotatable bonds is 4. The summed E-state index contributed by atoms with van der Waals surface area (Å²) in [5.74, 6) is 1.19. The molecule has 27 heavy (non-hydrogen) atoms. The predicted molar refractivity (Wildman–Crippen MR) is 106 cm³/mol. The summed E-state index contributed by atoms with van der Waals surface area (Å²) in [4.78, 5) is 35.0. The molecule has 1 saturated carbocycles. The van der Waals surface area contributed by atoms with Crippen LogP contribution in [-0.2, 0) is 6.54 Å². The van der Waals surface area contributed by atoms with E-state index in [0.717, 1.165) is 41.0 Å². The van der Waals surface area contributed by atoms with Gasteiger partial charge >= 0.3 is 5.69 Å². The van der Waals surface area contributed by atoms with Crippen LogP contribution in [0.1, 0.15) is 56.1 Å². The predicted octanol–water partition coefficient (Wildman–Crippen LogP) is 3.56. The fourth-order valence-electron chi connectivity index (χ4n) is 4.29. The first-order chi connectivity index (χ1) is 13.0. The van der Waals surface area contributed by atoms with Gasteiger partial charge in [0.15, 0.2) is 11.5 Å². The van der Waals surface area contributed by atoms with Crippen LogP contribution in [-0.4, -0.2) is 19.5 Å². The lowest BCUT2D eigenvalue weighted by molar-refractivity contribution is 0.326. The average Bonchev–Trinajstić information content (AvgIpc) is 2.64. The van der Waals surface area contributed by atoms with Crippen molar-refractivity contribution in [2.24, 2.45) is 5.92 Å². The Balaban J connectivity index is 1.78. The van der Waals surface area contributed by atoms with Crippen LogP contribution in [0.4, 0.5) is 0 Å². The number of nitrogens with zero attached hydrogens (tertiary/aromatic N) is 3. The van der Waals surface area contributed by atoms with E-state index in [4.69, 9.17) is 0 Å². The Labute approximate surface area is 158 Å². The summed E-state index contributed by atoms with van der Waals surface area (Å²) in [5, 5.41) is 0. The first-order valence-electron chi connectivity index (χ1n) is 9.95. The zero-order chi connectivity index (χ0) is 19.0. The second-order valence-electron chi connectivity index (χ2n) is 7.88. The molecule has 6 heteroatoms. The summed E-state index contributed by atoms with van der Waals surface area (Å²) in [5.41, 5.74) is 3.17. The molecule has 4 rings (SSSR count). The number of aryl methyl sites for hydroxylation is 3. The summed E-state index contributed by atoms with van der Waals surface area (Å²) in [7, 11) is 0. The Morgan fingerprint density at radius 1 is 1.07 bits per heavy atom. The molecule has 1 fully saturated rings. The molecular formula is C21H26N4O2. The quantitative estimate of drug-likeness (QED) is 0.716. The molecule has 2 aliphatic heterocycles. The summed E-state index contributed by atoms with van der Waals surface area (Å²) < 4.78 is 2.02. The van der Waals surface area contributed by atoms with Gasteiger partial charge in [-0.3, -0.25) is 9.78 Å². The number of hydrogen-bond donors (Lipinski definition) is 1. The molecule has 0 atom stereocenters. The normalized spacial score (nSPS) is 15.6. The average molecular weight is 366 g/mol. The fourth-order valence-corrected chi connectivity index (χ4v) is 4.29. The van der Waals surface area contributed by atoms with Crippen molar-refractivity contribution >= 4 is 11.0 Å². The topological polar surface area (TPSA) is 80.6 Å². The second-order valence-corrected chi connectivity index (χ2v) is 7.88. The summed E-state index contributed by atoms with van der Waals surface area (Å²) in [6, 6.07) is 4.09. The number of nitrogens with one attached hydrogen (secondary N) is 1. The van der Waals surface area contributed by atoms with Gasteiger partial charge in [-0.05, 0) is 55.9 Å². The molecule has 0 bridgehead atoms. The van der Waals surface area contributed by atoms with Gasteiger partial charge in [-0.25, -0.2) is 9.78 Å². The largest absolute Gasteiger partial charge is 0.349 e. The van der Waals surface area contributed by atoms with Gasteiger partial charge in [0.25, 0.3) is 5.56 Å². The van der Waals surface area contributed by atoms with Crippen molar-refractivity contribution in [1.29, 1.82) is 0 Å². The molecule has 0 aromatic heterocycles. The Morgan fingerprint density at radius 3 is 2.59 bits per heavy atom. The molecule has 0 radical (unpaired) electrons. The highest BCUT2D eigenvalue weighted by atomic mass is 16.2. The minimum atomic E-state index is -0.612. The van der Waals surface area contributed by atoms with Crippen molar-refractivity contribution in [3.63, 3.8) is 0 Å². The Bertz CT molecular complexity index is 1060. The number of benzene rings is 1. The molecule has 2 heterocycles. The van der Waals surface area contributed by atoms with Gasteiger partial charge in [-0.15, -0.1) is 0 Å². The first kappa shape index (κ1) is 17.9. The van der Waals surface area contributed by atoms with Gasteiger partial charge in [0.2, 0.25) is 0 Å². The summed E-state index contributed by atoms with van der Waals surface area (Å²) >= 11 is 0. The Morgan fingerprint density at radius 2 is 1.81 bits per heavy atom. The maximum atomic E-state index is 12.3. The zero-order valence-corrected chi connectivity index (χ0v) is 16.0. The number of hydrogen-bond acceptors (Lipinski definition) is 4. The highest BCUT2D eigenvalue weighted by Crippen LogP contribution is 2.29. The van der Waals surface area contributed by atoms with E-state index in [1.54, 1.807) is 0 Å². The third kappa shape index (κ3) is 3.53. The number of H-pyrrole nitrogens is 1. The third-order valence-electron chi connectivity index (χ3n) is 5.94. The van der Waals surface area contributed by atoms with Crippen LogP contribution in [0.5, 0.6) is 0 Å². The highest BCUT2D eigenvalue weighted by molar-refractivity contribution is 5.81. The van der Waals surface area contributed by atoms with Crippen LogP contribution in [0.25, 0.3) is 22.6 Å². The Hall–Kier alpha value is -2.50. The van der Waals surface area contributed by atoms with E-state index in [-0.39, 0.29) is 5.69 Å².